The van der Waals surface area contributed by atoms with Crippen molar-refractivity contribution in [2.45, 2.75) is 19.8 Å². The van der Waals surface area contributed by atoms with E-state index in [0.717, 1.165) is 24.7 Å². The maximum atomic E-state index is 12.5. The Labute approximate surface area is 166 Å². The van der Waals surface area contributed by atoms with Crippen LogP contribution in [0.4, 0.5) is 5.69 Å². The zero-order valence-electron chi connectivity index (χ0n) is 16.5. The zero-order valence-corrected chi connectivity index (χ0v) is 17.4. The second-order valence-corrected chi connectivity index (χ2v) is 8.15. The van der Waals surface area contributed by atoms with Crippen LogP contribution in [0.25, 0.3) is 0 Å². The van der Waals surface area contributed by atoms with Crippen LogP contribution in [-0.4, -0.2) is 41.3 Å². The molecule has 2 rings (SSSR count). The van der Waals surface area contributed by atoms with Crippen LogP contribution >= 0.6 is 0 Å². The lowest BCUT2D eigenvalue weighted by atomic mass is 10.1. The zero-order chi connectivity index (χ0) is 20.7. The van der Waals surface area contributed by atoms with Crippen molar-refractivity contribution in [1.29, 1.82) is 0 Å². The Bertz CT molecular complexity index is 942. The summed E-state index contributed by atoms with van der Waals surface area (Å²) < 4.78 is 35.8. The number of rotatable bonds is 9. The van der Waals surface area contributed by atoms with Gasteiger partial charge in [0.2, 0.25) is 10.0 Å². The van der Waals surface area contributed by atoms with E-state index in [-0.39, 0.29) is 5.91 Å². The lowest BCUT2D eigenvalue weighted by Gasteiger charge is -2.13. The molecule has 0 aliphatic heterocycles. The molecule has 152 valence electrons. The van der Waals surface area contributed by atoms with Gasteiger partial charge in [-0.15, -0.1) is 0 Å². The maximum absolute atomic E-state index is 12.5. The Hall–Kier alpha value is -2.74. The number of hydrogen-bond acceptors (Lipinski definition) is 5. The van der Waals surface area contributed by atoms with Gasteiger partial charge in [0, 0.05) is 12.1 Å². The van der Waals surface area contributed by atoms with Crippen LogP contribution in [0.3, 0.4) is 0 Å². The number of ether oxygens (including phenoxy) is 2. The van der Waals surface area contributed by atoms with Crippen molar-refractivity contribution in [2.75, 3.05) is 31.7 Å². The van der Waals surface area contributed by atoms with Gasteiger partial charge in [-0.3, -0.25) is 9.52 Å². The van der Waals surface area contributed by atoms with E-state index in [1.807, 2.05) is 18.2 Å². The molecule has 0 aromatic heterocycles. The quantitative estimate of drug-likeness (QED) is 0.625. The summed E-state index contributed by atoms with van der Waals surface area (Å²) in [5.74, 6) is 1.12. The van der Waals surface area contributed by atoms with Crippen LogP contribution in [0.15, 0.2) is 36.4 Å². The Morgan fingerprint density at radius 3 is 2.43 bits per heavy atom. The third-order valence-electron chi connectivity index (χ3n) is 4.25. The highest BCUT2D eigenvalue weighted by Gasteiger charge is 2.13. The molecule has 28 heavy (non-hydrogen) atoms. The van der Waals surface area contributed by atoms with E-state index in [1.165, 1.54) is 0 Å². The smallest absolute Gasteiger partial charge is 0.251 e. The van der Waals surface area contributed by atoms with E-state index in [1.54, 1.807) is 39.3 Å². The molecular weight excluding hydrogens is 380 g/mol. The fourth-order valence-electron chi connectivity index (χ4n) is 2.82. The summed E-state index contributed by atoms with van der Waals surface area (Å²) in [4.78, 5) is 12.5. The minimum atomic E-state index is -3.41. The lowest BCUT2D eigenvalue weighted by molar-refractivity contribution is 0.0952. The highest BCUT2D eigenvalue weighted by Crippen LogP contribution is 2.28. The van der Waals surface area contributed by atoms with Gasteiger partial charge in [0.25, 0.3) is 5.91 Å². The largest absolute Gasteiger partial charge is 0.493 e. The summed E-state index contributed by atoms with van der Waals surface area (Å²) in [5.41, 5.74) is 2.52. The van der Waals surface area contributed by atoms with Crippen molar-refractivity contribution in [3.63, 3.8) is 0 Å². The highest BCUT2D eigenvalue weighted by atomic mass is 32.2. The fourth-order valence-corrected chi connectivity index (χ4v) is 3.44. The average Bonchev–Trinajstić information content (AvgIpc) is 2.65. The minimum absolute atomic E-state index is 0.234. The summed E-state index contributed by atoms with van der Waals surface area (Å²) in [6.07, 6.45) is 2.60. The van der Waals surface area contributed by atoms with Crippen molar-refractivity contribution in [2.24, 2.45) is 0 Å². The highest BCUT2D eigenvalue weighted by molar-refractivity contribution is 7.92. The molecule has 2 aromatic carbocycles. The third kappa shape index (κ3) is 5.88. The third-order valence-corrected chi connectivity index (χ3v) is 4.84. The van der Waals surface area contributed by atoms with E-state index in [9.17, 15) is 13.2 Å². The van der Waals surface area contributed by atoms with Crippen molar-refractivity contribution < 1.29 is 22.7 Å². The van der Waals surface area contributed by atoms with E-state index in [4.69, 9.17) is 9.47 Å². The molecular formula is C20H26N2O5S. The van der Waals surface area contributed by atoms with Crippen molar-refractivity contribution >= 4 is 21.6 Å². The summed E-state index contributed by atoms with van der Waals surface area (Å²) in [5, 5.41) is 2.88. The molecule has 0 saturated carbocycles. The number of amides is 1. The summed E-state index contributed by atoms with van der Waals surface area (Å²) in [6, 6.07) is 10.7. The topological polar surface area (TPSA) is 93.7 Å². The molecule has 2 aromatic rings. The van der Waals surface area contributed by atoms with Gasteiger partial charge in [-0.2, -0.15) is 0 Å². The van der Waals surface area contributed by atoms with Crippen LogP contribution in [-0.2, 0) is 16.4 Å². The number of hydrogen-bond donors (Lipinski definition) is 2. The summed E-state index contributed by atoms with van der Waals surface area (Å²) in [6.45, 7) is 2.21. The van der Waals surface area contributed by atoms with Gasteiger partial charge in [0.1, 0.15) is 0 Å². The number of anilines is 1. The minimum Gasteiger partial charge on any atom is -0.493 e. The molecule has 7 nitrogen and oxygen atoms in total. The second kappa shape index (κ2) is 9.45. The van der Waals surface area contributed by atoms with Gasteiger partial charge >= 0.3 is 0 Å². The number of methoxy groups -OCH3 is 2. The molecule has 0 spiro atoms. The monoisotopic (exact) mass is 406 g/mol. The Morgan fingerprint density at radius 2 is 1.79 bits per heavy atom. The second-order valence-electron chi connectivity index (χ2n) is 6.40. The molecule has 1 amide bonds. The molecule has 0 bridgehead atoms. The number of sulfonamides is 1. The number of aryl methyl sites for hydroxylation is 1. The first kappa shape index (κ1) is 21.6. The van der Waals surface area contributed by atoms with Crippen LogP contribution < -0.4 is 19.5 Å². The maximum Gasteiger partial charge on any atom is 0.251 e. The van der Waals surface area contributed by atoms with Crippen molar-refractivity contribution in [3.05, 3.63) is 53.1 Å². The molecule has 0 aliphatic carbocycles. The first-order valence-electron chi connectivity index (χ1n) is 8.81. The summed E-state index contributed by atoms with van der Waals surface area (Å²) >= 11 is 0. The van der Waals surface area contributed by atoms with Gasteiger partial charge in [0.15, 0.2) is 11.5 Å². The van der Waals surface area contributed by atoms with Crippen molar-refractivity contribution in [3.8, 4) is 11.5 Å². The SMILES string of the molecule is COc1ccc(CCCNC(=O)c2cccc(NS(C)(=O)=O)c2C)cc1OC. The van der Waals surface area contributed by atoms with E-state index < -0.39 is 10.0 Å². The van der Waals surface area contributed by atoms with E-state index >= 15 is 0 Å². The predicted octanol–water partition coefficient (Wildman–Crippen LogP) is 2.75. The fraction of sp³-hybridized carbons (Fsp3) is 0.350. The van der Waals surface area contributed by atoms with E-state index in [0.29, 0.717) is 34.9 Å². The molecule has 8 heteroatoms. The Kier molecular flexibility index (Phi) is 7.28. The van der Waals surface area contributed by atoms with Crippen LogP contribution in [0.1, 0.15) is 27.9 Å². The lowest BCUT2D eigenvalue weighted by Crippen LogP contribution is -2.26. The number of benzene rings is 2. The Balaban J connectivity index is 1.94. The molecule has 0 heterocycles. The molecule has 0 unspecified atom stereocenters. The van der Waals surface area contributed by atoms with Gasteiger partial charge in [-0.1, -0.05) is 12.1 Å². The van der Waals surface area contributed by atoms with Gasteiger partial charge in [-0.05, 0) is 55.2 Å². The normalized spacial score (nSPS) is 11.0. The average molecular weight is 407 g/mol. The van der Waals surface area contributed by atoms with Crippen LogP contribution in [0, 0.1) is 6.92 Å². The number of carbonyl (C=O) groups excluding carboxylic acids is 1. The molecule has 0 saturated heterocycles. The van der Waals surface area contributed by atoms with Gasteiger partial charge in [0.05, 0.1) is 26.2 Å². The molecule has 0 aliphatic rings. The van der Waals surface area contributed by atoms with E-state index in [2.05, 4.69) is 10.0 Å². The number of nitrogens with one attached hydrogen (secondary N) is 2. The number of carbonyl (C=O) groups is 1. The molecule has 2 N–H and O–H groups in total. The molecule has 0 radical (unpaired) electrons. The Morgan fingerprint density at radius 1 is 1.07 bits per heavy atom. The van der Waals surface area contributed by atoms with Crippen LogP contribution in [0.2, 0.25) is 0 Å². The van der Waals surface area contributed by atoms with Crippen molar-refractivity contribution in [1.82, 2.24) is 5.32 Å². The van der Waals surface area contributed by atoms with Gasteiger partial charge < -0.3 is 14.8 Å². The standard InChI is InChI=1S/C20H26N2O5S/c1-14-16(8-5-9-17(14)22-28(4,24)25)20(23)21-12-6-7-15-10-11-18(26-2)19(13-15)27-3/h5,8-11,13,22H,6-7,12H2,1-4H3,(H,21,23). The van der Waals surface area contributed by atoms with Gasteiger partial charge in [-0.25, -0.2) is 8.42 Å². The first-order chi connectivity index (χ1) is 13.2. The molecule has 0 atom stereocenters. The first-order valence-corrected chi connectivity index (χ1v) is 10.7. The van der Waals surface area contributed by atoms with Crippen LogP contribution in [0.5, 0.6) is 11.5 Å². The molecule has 0 fully saturated rings. The predicted molar refractivity (Wildman–Crippen MR) is 110 cm³/mol. The summed E-state index contributed by atoms with van der Waals surface area (Å²) in [7, 11) is -0.218.